The first-order valence-corrected chi connectivity index (χ1v) is 7.37. The number of carbonyl (C=O) groups is 1. The molecule has 2 aromatic carbocycles. The van der Waals surface area contributed by atoms with Gasteiger partial charge in [-0.2, -0.15) is 8.78 Å². The van der Waals surface area contributed by atoms with E-state index >= 15 is 0 Å². The second-order valence-electron chi connectivity index (χ2n) is 4.60. The minimum atomic E-state index is -2.84. The molecule has 0 aliphatic carbocycles. The molecule has 1 amide bonds. The van der Waals surface area contributed by atoms with Crippen LogP contribution >= 0.6 is 15.9 Å². The van der Waals surface area contributed by atoms with Gasteiger partial charge < -0.3 is 10.1 Å². The number of halogens is 3. The summed E-state index contributed by atoms with van der Waals surface area (Å²) < 4.78 is 29.3. The zero-order valence-electron chi connectivity index (χ0n) is 11.6. The van der Waals surface area contributed by atoms with E-state index in [1.807, 2.05) is 24.3 Å². The van der Waals surface area contributed by atoms with Gasteiger partial charge in [-0.3, -0.25) is 4.79 Å². The lowest BCUT2D eigenvalue weighted by molar-refractivity contribution is -0.120. The molecule has 0 bridgehead atoms. The Bertz CT molecular complexity index is 615. The normalized spacial score (nSPS) is 10.5. The largest absolute Gasteiger partial charge is 0.435 e. The molecule has 1 N–H and O–H groups in total. The minimum Gasteiger partial charge on any atom is -0.435 e. The number of ether oxygens (including phenoxy) is 1. The summed E-state index contributed by atoms with van der Waals surface area (Å²) in [5.74, 6) is -0.00447. The van der Waals surface area contributed by atoms with Crippen LogP contribution < -0.4 is 10.1 Å². The summed E-state index contributed by atoms with van der Waals surface area (Å²) in [6, 6.07) is 13.7. The van der Waals surface area contributed by atoms with Crippen molar-refractivity contribution in [2.45, 2.75) is 19.6 Å². The van der Waals surface area contributed by atoms with E-state index in [0.717, 1.165) is 15.6 Å². The molecule has 6 heteroatoms. The van der Waals surface area contributed by atoms with Crippen LogP contribution in [-0.2, 0) is 17.8 Å². The number of benzene rings is 2. The Morgan fingerprint density at radius 1 is 1.05 bits per heavy atom. The maximum absolute atomic E-state index is 12.0. The maximum atomic E-state index is 12.0. The van der Waals surface area contributed by atoms with Crippen molar-refractivity contribution >= 4 is 21.8 Å². The Morgan fingerprint density at radius 3 is 2.23 bits per heavy atom. The van der Waals surface area contributed by atoms with Crippen molar-refractivity contribution in [2.75, 3.05) is 0 Å². The van der Waals surface area contributed by atoms with Crippen LogP contribution in [0.3, 0.4) is 0 Å². The van der Waals surface area contributed by atoms with E-state index in [-0.39, 0.29) is 11.7 Å². The monoisotopic (exact) mass is 369 g/mol. The van der Waals surface area contributed by atoms with Gasteiger partial charge in [0.2, 0.25) is 5.91 Å². The zero-order valence-corrected chi connectivity index (χ0v) is 13.1. The van der Waals surface area contributed by atoms with Gasteiger partial charge in [0.15, 0.2) is 0 Å². The standard InChI is InChI=1S/C16H14BrF2NO2/c17-13-5-1-11(2-6-13)9-15(21)20-10-12-3-7-14(8-4-12)22-16(18)19/h1-8,16H,9-10H2,(H,20,21). The highest BCUT2D eigenvalue weighted by Crippen LogP contribution is 2.15. The summed E-state index contributed by atoms with van der Waals surface area (Å²) in [6.07, 6.45) is 0.292. The van der Waals surface area contributed by atoms with Gasteiger partial charge in [-0.25, -0.2) is 0 Å². The number of amides is 1. The van der Waals surface area contributed by atoms with Gasteiger partial charge in [0.1, 0.15) is 5.75 Å². The first kappa shape index (κ1) is 16.4. The molecule has 0 saturated heterocycles. The molecule has 22 heavy (non-hydrogen) atoms. The summed E-state index contributed by atoms with van der Waals surface area (Å²) >= 11 is 3.34. The van der Waals surface area contributed by atoms with E-state index in [1.54, 1.807) is 12.1 Å². The van der Waals surface area contributed by atoms with Crippen LogP contribution in [0.1, 0.15) is 11.1 Å². The van der Waals surface area contributed by atoms with Crippen LogP contribution in [0.2, 0.25) is 0 Å². The number of hydrogen-bond acceptors (Lipinski definition) is 2. The molecule has 0 aliphatic heterocycles. The molecule has 0 radical (unpaired) electrons. The third kappa shape index (κ3) is 5.44. The first-order valence-electron chi connectivity index (χ1n) is 6.58. The smallest absolute Gasteiger partial charge is 0.387 e. The number of hydrogen-bond donors (Lipinski definition) is 1. The van der Waals surface area contributed by atoms with Gasteiger partial charge in [0, 0.05) is 11.0 Å². The second kappa shape index (κ2) is 7.89. The van der Waals surface area contributed by atoms with E-state index in [0.29, 0.717) is 13.0 Å². The van der Waals surface area contributed by atoms with E-state index < -0.39 is 6.61 Å². The average molecular weight is 370 g/mol. The summed E-state index contributed by atoms with van der Waals surface area (Å²) in [5, 5.41) is 2.78. The van der Waals surface area contributed by atoms with E-state index in [4.69, 9.17) is 0 Å². The fourth-order valence-corrected chi connectivity index (χ4v) is 2.10. The minimum absolute atomic E-state index is 0.0972. The van der Waals surface area contributed by atoms with Gasteiger partial charge >= 0.3 is 6.61 Å². The summed E-state index contributed by atoms with van der Waals surface area (Å²) in [7, 11) is 0. The van der Waals surface area contributed by atoms with E-state index in [1.165, 1.54) is 12.1 Å². The molecule has 0 aliphatic rings. The van der Waals surface area contributed by atoms with Crippen molar-refractivity contribution < 1.29 is 18.3 Å². The van der Waals surface area contributed by atoms with Crippen LogP contribution in [0.25, 0.3) is 0 Å². The van der Waals surface area contributed by atoms with Gasteiger partial charge in [-0.05, 0) is 35.4 Å². The fraction of sp³-hybridized carbons (Fsp3) is 0.188. The Morgan fingerprint density at radius 2 is 1.64 bits per heavy atom. The van der Waals surface area contributed by atoms with Gasteiger partial charge in [-0.15, -0.1) is 0 Å². The number of nitrogens with one attached hydrogen (secondary N) is 1. The van der Waals surface area contributed by atoms with Crippen LogP contribution in [-0.4, -0.2) is 12.5 Å². The van der Waals surface area contributed by atoms with E-state index in [2.05, 4.69) is 26.0 Å². The van der Waals surface area contributed by atoms with Crippen molar-refractivity contribution in [1.82, 2.24) is 5.32 Å². The molecule has 116 valence electrons. The summed E-state index contributed by atoms with van der Waals surface area (Å²) in [6.45, 7) is -2.50. The first-order chi connectivity index (χ1) is 10.5. The lowest BCUT2D eigenvalue weighted by atomic mass is 10.1. The maximum Gasteiger partial charge on any atom is 0.387 e. The predicted molar refractivity (Wildman–Crippen MR) is 82.8 cm³/mol. The number of carbonyl (C=O) groups excluding carboxylic acids is 1. The van der Waals surface area contributed by atoms with Crippen molar-refractivity contribution in [2.24, 2.45) is 0 Å². The molecule has 0 atom stereocenters. The quantitative estimate of drug-likeness (QED) is 0.838. The van der Waals surface area contributed by atoms with Crippen LogP contribution in [0, 0.1) is 0 Å². The van der Waals surface area contributed by atoms with Crippen LogP contribution in [0.4, 0.5) is 8.78 Å². The Hall–Kier alpha value is -1.95. The third-order valence-corrected chi connectivity index (χ3v) is 3.44. The lowest BCUT2D eigenvalue weighted by Crippen LogP contribution is -2.24. The van der Waals surface area contributed by atoms with Crippen molar-refractivity contribution in [3.63, 3.8) is 0 Å². The Balaban J connectivity index is 1.81. The topological polar surface area (TPSA) is 38.3 Å². The zero-order chi connectivity index (χ0) is 15.9. The molecule has 0 spiro atoms. The molecule has 2 aromatic rings. The Labute approximate surface area is 135 Å². The molecule has 0 aromatic heterocycles. The van der Waals surface area contributed by atoms with Crippen molar-refractivity contribution in [3.8, 4) is 5.75 Å². The highest BCUT2D eigenvalue weighted by Gasteiger charge is 2.05. The van der Waals surface area contributed by atoms with Crippen molar-refractivity contribution in [3.05, 3.63) is 64.1 Å². The van der Waals surface area contributed by atoms with Crippen molar-refractivity contribution in [1.29, 1.82) is 0 Å². The molecule has 3 nitrogen and oxygen atoms in total. The van der Waals surface area contributed by atoms with Gasteiger partial charge in [-0.1, -0.05) is 40.2 Å². The summed E-state index contributed by atoms with van der Waals surface area (Å²) in [5.41, 5.74) is 1.73. The van der Waals surface area contributed by atoms with Gasteiger partial charge in [0.25, 0.3) is 0 Å². The number of rotatable bonds is 6. The fourth-order valence-electron chi connectivity index (χ4n) is 1.84. The van der Waals surface area contributed by atoms with Gasteiger partial charge in [0.05, 0.1) is 6.42 Å². The molecular weight excluding hydrogens is 356 g/mol. The molecule has 2 rings (SSSR count). The molecule has 0 saturated carbocycles. The highest BCUT2D eigenvalue weighted by atomic mass is 79.9. The Kier molecular flexibility index (Phi) is 5.89. The molecular formula is C16H14BrF2NO2. The molecule has 0 heterocycles. The van der Waals surface area contributed by atoms with Crippen LogP contribution in [0.5, 0.6) is 5.75 Å². The summed E-state index contributed by atoms with van der Waals surface area (Å²) in [4.78, 5) is 11.8. The SMILES string of the molecule is O=C(Cc1ccc(Br)cc1)NCc1ccc(OC(F)F)cc1. The average Bonchev–Trinajstić information content (AvgIpc) is 2.48. The molecule has 0 fully saturated rings. The predicted octanol–water partition coefficient (Wildman–Crippen LogP) is 3.91. The highest BCUT2D eigenvalue weighted by molar-refractivity contribution is 9.10. The lowest BCUT2D eigenvalue weighted by Gasteiger charge is -2.07. The second-order valence-corrected chi connectivity index (χ2v) is 5.52. The van der Waals surface area contributed by atoms with Crippen LogP contribution in [0.15, 0.2) is 53.0 Å². The van der Waals surface area contributed by atoms with E-state index in [9.17, 15) is 13.6 Å². The number of alkyl halides is 2. The third-order valence-electron chi connectivity index (χ3n) is 2.92. The molecule has 0 unspecified atom stereocenters.